The first-order chi connectivity index (χ1) is 9.83. The molecule has 0 aliphatic rings. The molecule has 2 aromatic carbocycles. The molecule has 106 valence electrons. The van der Waals surface area contributed by atoms with Gasteiger partial charge in [0.2, 0.25) is 0 Å². The van der Waals surface area contributed by atoms with E-state index >= 15 is 0 Å². The topological polar surface area (TPSA) is 12.0 Å². The summed E-state index contributed by atoms with van der Waals surface area (Å²) in [7, 11) is 2.02. The molecule has 0 amide bonds. The molecular weight excluding hydrogens is 242 g/mol. The van der Waals surface area contributed by atoms with Crippen LogP contribution in [0, 0.1) is 0 Å². The molecule has 1 N–H and O–H groups in total. The van der Waals surface area contributed by atoms with Crippen LogP contribution in [-0.4, -0.2) is 13.6 Å². The zero-order valence-corrected chi connectivity index (χ0v) is 12.6. The Bertz CT molecular complexity index is 504. The first-order valence-electron chi connectivity index (χ1n) is 7.62. The summed E-state index contributed by atoms with van der Waals surface area (Å²) in [5.41, 5.74) is 4.18. The van der Waals surface area contributed by atoms with E-state index in [9.17, 15) is 0 Å². The standard InChI is InChI=1S/C19H25N/c1-16(10-8-9-15-20-2)18-13-6-7-14-19(18)17-11-4-3-5-12-17/h3-7,11-14,16,20H,8-10,15H2,1-2H3. The molecule has 1 atom stereocenters. The van der Waals surface area contributed by atoms with Crippen LogP contribution < -0.4 is 5.32 Å². The second-order valence-electron chi connectivity index (χ2n) is 5.45. The van der Waals surface area contributed by atoms with Crippen molar-refractivity contribution in [3.8, 4) is 11.1 Å². The molecule has 0 heterocycles. The Morgan fingerprint density at radius 2 is 1.60 bits per heavy atom. The highest BCUT2D eigenvalue weighted by Crippen LogP contribution is 2.31. The van der Waals surface area contributed by atoms with Crippen molar-refractivity contribution in [3.05, 3.63) is 60.2 Å². The molecule has 0 fully saturated rings. The Kier molecular flexibility index (Phi) is 5.82. The third-order valence-electron chi connectivity index (χ3n) is 3.89. The van der Waals surface area contributed by atoms with Gasteiger partial charge in [-0.3, -0.25) is 0 Å². The monoisotopic (exact) mass is 267 g/mol. The van der Waals surface area contributed by atoms with Gasteiger partial charge in [0.25, 0.3) is 0 Å². The van der Waals surface area contributed by atoms with Crippen molar-refractivity contribution in [2.24, 2.45) is 0 Å². The van der Waals surface area contributed by atoms with Crippen LogP contribution in [0.15, 0.2) is 54.6 Å². The average molecular weight is 267 g/mol. The summed E-state index contributed by atoms with van der Waals surface area (Å²) in [6, 6.07) is 19.5. The van der Waals surface area contributed by atoms with Crippen molar-refractivity contribution in [3.63, 3.8) is 0 Å². The molecule has 1 heteroatoms. The van der Waals surface area contributed by atoms with Gasteiger partial charge in [0.15, 0.2) is 0 Å². The third-order valence-corrected chi connectivity index (χ3v) is 3.89. The van der Waals surface area contributed by atoms with Gasteiger partial charge in [0.05, 0.1) is 0 Å². The normalized spacial score (nSPS) is 12.3. The van der Waals surface area contributed by atoms with Gasteiger partial charge in [-0.05, 0) is 49.0 Å². The molecule has 2 aromatic rings. The summed E-state index contributed by atoms with van der Waals surface area (Å²) >= 11 is 0. The highest BCUT2D eigenvalue weighted by molar-refractivity contribution is 5.67. The van der Waals surface area contributed by atoms with Gasteiger partial charge in [0, 0.05) is 0 Å². The maximum Gasteiger partial charge on any atom is -0.00519 e. The number of benzene rings is 2. The van der Waals surface area contributed by atoms with Crippen molar-refractivity contribution in [2.45, 2.75) is 32.1 Å². The first kappa shape index (κ1) is 14.8. The maximum atomic E-state index is 3.22. The molecular formula is C19H25N. The SMILES string of the molecule is CNCCCCC(C)c1ccccc1-c1ccccc1. The van der Waals surface area contributed by atoms with Crippen LogP contribution in [0.2, 0.25) is 0 Å². The Morgan fingerprint density at radius 3 is 2.35 bits per heavy atom. The summed E-state index contributed by atoms with van der Waals surface area (Å²) in [6.45, 7) is 3.47. The van der Waals surface area contributed by atoms with Crippen LogP contribution in [0.4, 0.5) is 0 Å². The number of hydrogen-bond acceptors (Lipinski definition) is 1. The quantitative estimate of drug-likeness (QED) is 0.707. The van der Waals surface area contributed by atoms with Gasteiger partial charge in [-0.25, -0.2) is 0 Å². The molecule has 1 unspecified atom stereocenters. The molecule has 0 saturated carbocycles. The van der Waals surface area contributed by atoms with Gasteiger partial charge >= 0.3 is 0 Å². The van der Waals surface area contributed by atoms with E-state index in [0.29, 0.717) is 5.92 Å². The maximum absolute atomic E-state index is 3.22. The van der Waals surface area contributed by atoms with Crippen LogP contribution in [0.5, 0.6) is 0 Å². The largest absolute Gasteiger partial charge is 0.320 e. The minimum atomic E-state index is 0.614. The van der Waals surface area contributed by atoms with Crippen LogP contribution in [-0.2, 0) is 0 Å². The molecule has 1 nitrogen and oxygen atoms in total. The van der Waals surface area contributed by atoms with Crippen molar-refractivity contribution in [1.29, 1.82) is 0 Å². The van der Waals surface area contributed by atoms with E-state index in [4.69, 9.17) is 0 Å². The van der Waals surface area contributed by atoms with Crippen molar-refractivity contribution < 1.29 is 0 Å². The van der Waals surface area contributed by atoms with Crippen LogP contribution >= 0.6 is 0 Å². The Labute approximate surface area is 123 Å². The van der Waals surface area contributed by atoms with E-state index < -0.39 is 0 Å². The smallest absolute Gasteiger partial charge is 0.00519 e. The molecule has 0 aliphatic carbocycles. The molecule has 0 saturated heterocycles. The fourth-order valence-corrected chi connectivity index (χ4v) is 2.72. The van der Waals surface area contributed by atoms with Crippen molar-refractivity contribution >= 4 is 0 Å². The first-order valence-corrected chi connectivity index (χ1v) is 7.62. The molecule has 20 heavy (non-hydrogen) atoms. The number of rotatable bonds is 7. The summed E-state index contributed by atoms with van der Waals surface area (Å²) < 4.78 is 0. The molecule has 2 rings (SSSR count). The van der Waals surface area contributed by atoms with E-state index in [1.54, 1.807) is 0 Å². The predicted molar refractivity (Wildman–Crippen MR) is 88.1 cm³/mol. The Balaban J connectivity index is 2.11. The lowest BCUT2D eigenvalue weighted by Gasteiger charge is -2.16. The van der Waals surface area contributed by atoms with Gasteiger partial charge in [0.1, 0.15) is 0 Å². The summed E-state index contributed by atoms with van der Waals surface area (Å²) in [5, 5.41) is 3.22. The lowest BCUT2D eigenvalue weighted by Crippen LogP contribution is -2.07. The van der Waals surface area contributed by atoms with Gasteiger partial charge < -0.3 is 5.32 Å². The Morgan fingerprint density at radius 1 is 0.900 bits per heavy atom. The third kappa shape index (κ3) is 3.94. The molecule has 0 aromatic heterocycles. The zero-order valence-electron chi connectivity index (χ0n) is 12.6. The van der Waals surface area contributed by atoms with Crippen LogP contribution in [0.1, 0.15) is 37.7 Å². The summed E-state index contributed by atoms with van der Waals surface area (Å²) in [4.78, 5) is 0. The van der Waals surface area contributed by atoms with E-state index in [1.165, 1.54) is 36.0 Å². The van der Waals surface area contributed by atoms with Gasteiger partial charge in [-0.15, -0.1) is 0 Å². The summed E-state index contributed by atoms with van der Waals surface area (Å²) in [5.74, 6) is 0.614. The lowest BCUT2D eigenvalue weighted by molar-refractivity contribution is 0.588. The summed E-state index contributed by atoms with van der Waals surface area (Å²) in [6.07, 6.45) is 3.80. The zero-order chi connectivity index (χ0) is 14.2. The molecule has 0 spiro atoms. The van der Waals surface area contributed by atoms with Crippen molar-refractivity contribution in [1.82, 2.24) is 5.32 Å². The van der Waals surface area contributed by atoms with Gasteiger partial charge in [-0.1, -0.05) is 67.9 Å². The Hall–Kier alpha value is -1.60. The lowest BCUT2D eigenvalue weighted by atomic mass is 9.88. The second-order valence-corrected chi connectivity index (χ2v) is 5.45. The predicted octanol–water partition coefficient (Wildman–Crippen LogP) is 4.85. The van der Waals surface area contributed by atoms with E-state index in [0.717, 1.165) is 6.54 Å². The second kappa shape index (κ2) is 7.86. The van der Waals surface area contributed by atoms with E-state index in [2.05, 4.69) is 66.8 Å². The average Bonchev–Trinajstić information content (AvgIpc) is 2.52. The van der Waals surface area contributed by atoms with E-state index in [-0.39, 0.29) is 0 Å². The number of unbranched alkanes of at least 4 members (excludes halogenated alkanes) is 1. The number of nitrogens with one attached hydrogen (secondary N) is 1. The minimum Gasteiger partial charge on any atom is -0.320 e. The molecule has 0 radical (unpaired) electrons. The highest BCUT2D eigenvalue weighted by Gasteiger charge is 2.11. The van der Waals surface area contributed by atoms with Crippen LogP contribution in [0.25, 0.3) is 11.1 Å². The molecule has 0 aliphatic heterocycles. The fraction of sp³-hybridized carbons (Fsp3) is 0.368. The number of hydrogen-bond donors (Lipinski definition) is 1. The minimum absolute atomic E-state index is 0.614. The molecule has 0 bridgehead atoms. The van der Waals surface area contributed by atoms with Crippen LogP contribution in [0.3, 0.4) is 0 Å². The van der Waals surface area contributed by atoms with E-state index in [1.807, 2.05) is 7.05 Å². The highest BCUT2D eigenvalue weighted by atomic mass is 14.8. The van der Waals surface area contributed by atoms with Gasteiger partial charge in [-0.2, -0.15) is 0 Å². The fourth-order valence-electron chi connectivity index (χ4n) is 2.72. The van der Waals surface area contributed by atoms with Crippen molar-refractivity contribution in [2.75, 3.05) is 13.6 Å².